The summed E-state index contributed by atoms with van der Waals surface area (Å²) in [6.07, 6.45) is 0.202. The fraction of sp³-hybridized carbons (Fsp3) is 0.0714. The van der Waals surface area contributed by atoms with Crippen LogP contribution in [0.1, 0.15) is 5.56 Å². The van der Waals surface area contributed by atoms with Crippen LogP contribution >= 0.6 is 11.6 Å². The van der Waals surface area contributed by atoms with Gasteiger partial charge in [-0.3, -0.25) is 4.79 Å². The molecule has 19 heavy (non-hydrogen) atoms. The van der Waals surface area contributed by atoms with Gasteiger partial charge in [0.25, 0.3) is 0 Å². The number of nitrogens with two attached hydrogens (primary N) is 1. The lowest BCUT2D eigenvalue weighted by atomic mass is 10.1. The van der Waals surface area contributed by atoms with Crippen molar-refractivity contribution >= 4 is 28.9 Å². The Kier molecular flexibility index (Phi) is 4.02. The van der Waals surface area contributed by atoms with E-state index in [9.17, 15) is 9.18 Å². The van der Waals surface area contributed by atoms with E-state index in [0.29, 0.717) is 11.4 Å². The number of rotatable bonds is 3. The van der Waals surface area contributed by atoms with Crippen LogP contribution < -0.4 is 11.1 Å². The van der Waals surface area contributed by atoms with Crippen LogP contribution in [0.15, 0.2) is 42.5 Å². The molecule has 5 heteroatoms. The maximum Gasteiger partial charge on any atom is 0.228 e. The maximum atomic E-state index is 12.9. The predicted molar refractivity (Wildman–Crippen MR) is 74.6 cm³/mol. The number of anilines is 2. The Morgan fingerprint density at radius 1 is 1.21 bits per heavy atom. The van der Waals surface area contributed by atoms with E-state index in [4.69, 9.17) is 17.3 Å². The average molecular weight is 279 g/mol. The topological polar surface area (TPSA) is 55.1 Å². The average Bonchev–Trinajstić information content (AvgIpc) is 2.36. The van der Waals surface area contributed by atoms with Crippen LogP contribution in [0.4, 0.5) is 15.8 Å². The maximum absolute atomic E-state index is 12.9. The van der Waals surface area contributed by atoms with E-state index in [1.54, 1.807) is 24.3 Å². The Balaban J connectivity index is 2.03. The van der Waals surface area contributed by atoms with E-state index in [-0.39, 0.29) is 17.4 Å². The van der Waals surface area contributed by atoms with Gasteiger partial charge in [0.15, 0.2) is 0 Å². The smallest absolute Gasteiger partial charge is 0.228 e. The van der Waals surface area contributed by atoms with Gasteiger partial charge in [-0.1, -0.05) is 23.7 Å². The van der Waals surface area contributed by atoms with Crippen LogP contribution in [0.25, 0.3) is 0 Å². The molecule has 0 radical (unpaired) electrons. The molecule has 98 valence electrons. The van der Waals surface area contributed by atoms with Crippen LogP contribution in [-0.2, 0) is 11.2 Å². The van der Waals surface area contributed by atoms with E-state index in [2.05, 4.69) is 5.32 Å². The third-order valence-corrected chi connectivity index (χ3v) is 2.86. The standard InChI is InChI=1S/C14H12ClFN2O/c15-12-8-10(16)3-6-13(12)18-14(19)7-9-1-4-11(17)5-2-9/h1-6,8H,7,17H2,(H,18,19). The Hall–Kier alpha value is -2.07. The van der Waals surface area contributed by atoms with Gasteiger partial charge in [-0.25, -0.2) is 4.39 Å². The van der Waals surface area contributed by atoms with Gasteiger partial charge in [-0.2, -0.15) is 0 Å². The molecular weight excluding hydrogens is 267 g/mol. The van der Waals surface area contributed by atoms with Gasteiger partial charge in [0, 0.05) is 5.69 Å². The lowest BCUT2D eigenvalue weighted by molar-refractivity contribution is -0.115. The molecule has 2 rings (SSSR count). The highest BCUT2D eigenvalue weighted by Crippen LogP contribution is 2.22. The van der Waals surface area contributed by atoms with Crippen molar-refractivity contribution in [2.75, 3.05) is 11.1 Å². The zero-order valence-corrected chi connectivity index (χ0v) is 10.7. The number of nitrogens with one attached hydrogen (secondary N) is 1. The van der Waals surface area contributed by atoms with Crippen molar-refractivity contribution in [1.29, 1.82) is 0 Å². The predicted octanol–water partition coefficient (Wildman–Crippen LogP) is 3.24. The molecule has 2 aromatic rings. The van der Waals surface area contributed by atoms with Crippen molar-refractivity contribution in [2.45, 2.75) is 6.42 Å². The largest absolute Gasteiger partial charge is 0.399 e. The fourth-order valence-electron chi connectivity index (χ4n) is 1.61. The second-order valence-electron chi connectivity index (χ2n) is 4.09. The summed E-state index contributed by atoms with van der Waals surface area (Å²) in [5.74, 6) is -0.667. The van der Waals surface area contributed by atoms with E-state index < -0.39 is 5.82 Å². The van der Waals surface area contributed by atoms with Crippen molar-refractivity contribution in [3.05, 3.63) is 58.9 Å². The molecule has 3 nitrogen and oxygen atoms in total. The molecule has 0 aromatic heterocycles. The van der Waals surface area contributed by atoms with Crippen LogP contribution in [0.2, 0.25) is 5.02 Å². The molecule has 0 aliphatic rings. The number of carbonyl (C=O) groups excluding carboxylic acids is 1. The third kappa shape index (κ3) is 3.69. The van der Waals surface area contributed by atoms with Crippen LogP contribution in [0, 0.1) is 5.82 Å². The molecule has 0 fully saturated rings. The Bertz CT molecular complexity index is 599. The molecule has 0 aliphatic carbocycles. The summed E-state index contributed by atoms with van der Waals surface area (Å²) in [6.45, 7) is 0. The van der Waals surface area contributed by atoms with Crippen molar-refractivity contribution in [3.8, 4) is 0 Å². The Morgan fingerprint density at radius 3 is 2.53 bits per heavy atom. The molecule has 0 atom stereocenters. The first kappa shape index (κ1) is 13.4. The minimum absolute atomic E-state index is 0.172. The van der Waals surface area contributed by atoms with E-state index >= 15 is 0 Å². The minimum atomic E-state index is -0.443. The monoisotopic (exact) mass is 278 g/mol. The highest BCUT2D eigenvalue weighted by molar-refractivity contribution is 6.33. The molecule has 0 heterocycles. The minimum Gasteiger partial charge on any atom is -0.399 e. The molecule has 3 N–H and O–H groups in total. The first-order valence-electron chi connectivity index (χ1n) is 5.64. The van der Waals surface area contributed by atoms with Crippen LogP contribution in [-0.4, -0.2) is 5.91 Å². The van der Waals surface area contributed by atoms with E-state index in [0.717, 1.165) is 11.6 Å². The molecule has 0 spiro atoms. The number of amides is 1. The first-order chi connectivity index (χ1) is 9.04. The van der Waals surface area contributed by atoms with Gasteiger partial charge < -0.3 is 11.1 Å². The van der Waals surface area contributed by atoms with Crippen molar-refractivity contribution < 1.29 is 9.18 Å². The molecule has 0 saturated carbocycles. The van der Waals surface area contributed by atoms with Gasteiger partial charge >= 0.3 is 0 Å². The zero-order valence-electron chi connectivity index (χ0n) is 9.99. The normalized spacial score (nSPS) is 10.2. The molecule has 0 bridgehead atoms. The molecule has 0 unspecified atom stereocenters. The highest BCUT2D eigenvalue weighted by Gasteiger charge is 2.07. The van der Waals surface area contributed by atoms with E-state index in [1.165, 1.54) is 12.1 Å². The van der Waals surface area contributed by atoms with Crippen molar-refractivity contribution in [2.24, 2.45) is 0 Å². The van der Waals surface area contributed by atoms with Gasteiger partial charge in [-0.05, 0) is 35.9 Å². The zero-order chi connectivity index (χ0) is 13.8. The summed E-state index contributed by atoms with van der Waals surface area (Å²) in [6, 6.07) is 10.8. The molecule has 0 aliphatic heterocycles. The van der Waals surface area contributed by atoms with Crippen LogP contribution in [0.3, 0.4) is 0 Å². The fourth-order valence-corrected chi connectivity index (χ4v) is 1.82. The molecular formula is C14H12ClFN2O. The second kappa shape index (κ2) is 5.71. The van der Waals surface area contributed by atoms with Crippen molar-refractivity contribution in [3.63, 3.8) is 0 Å². The van der Waals surface area contributed by atoms with Gasteiger partial charge in [0.1, 0.15) is 5.82 Å². The van der Waals surface area contributed by atoms with Gasteiger partial charge in [0.2, 0.25) is 5.91 Å². The third-order valence-electron chi connectivity index (χ3n) is 2.55. The number of hydrogen-bond donors (Lipinski definition) is 2. The summed E-state index contributed by atoms with van der Waals surface area (Å²) >= 11 is 5.83. The number of benzene rings is 2. The lowest BCUT2D eigenvalue weighted by Gasteiger charge is -2.07. The summed E-state index contributed by atoms with van der Waals surface area (Å²) in [7, 11) is 0. The van der Waals surface area contributed by atoms with Crippen LogP contribution in [0.5, 0.6) is 0 Å². The van der Waals surface area contributed by atoms with Crippen molar-refractivity contribution in [1.82, 2.24) is 0 Å². The van der Waals surface area contributed by atoms with E-state index in [1.807, 2.05) is 0 Å². The summed E-state index contributed by atoms with van der Waals surface area (Å²) < 4.78 is 12.9. The number of hydrogen-bond acceptors (Lipinski definition) is 2. The lowest BCUT2D eigenvalue weighted by Crippen LogP contribution is -2.14. The number of nitrogen functional groups attached to an aromatic ring is 1. The SMILES string of the molecule is Nc1ccc(CC(=O)Nc2ccc(F)cc2Cl)cc1. The quantitative estimate of drug-likeness (QED) is 0.847. The number of halogens is 2. The second-order valence-corrected chi connectivity index (χ2v) is 4.50. The number of carbonyl (C=O) groups is 1. The summed E-state index contributed by atoms with van der Waals surface area (Å²) in [5.41, 5.74) is 7.44. The first-order valence-corrected chi connectivity index (χ1v) is 6.02. The summed E-state index contributed by atoms with van der Waals surface area (Å²) in [4.78, 5) is 11.8. The molecule has 1 amide bonds. The highest BCUT2D eigenvalue weighted by atomic mass is 35.5. The Morgan fingerprint density at radius 2 is 1.89 bits per heavy atom. The molecule has 0 saturated heterocycles. The summed E-state index contributed by atoms with van der Waals surface area (Å²) in [5, 5.41) is 2.80. The molecule has 2 aromatic carbocycles. The van der Waals surface area contributed by atoms with Gasteiger partial charge in [0.05, 0.1) is 17.1 Å². The Labute approximate surface area is 115 Å². The van der Waals surface area contributed by atoms with Gasteiger partial charge in [-0.15, -0.1) is 0 Å².